The molecule has 3 fully saturated rings. The lowest BCUT2D eigenvalue weighted by atomic mass is 9.92. The molecule has 0 spiro atoms. The number of piperazine rings is 1. The van der Waals surface area contributed by atoms with Gasteiger partial charge in [0, 0.05) is 80.0 Å². The molecule has 49 heavy (non-hydrogen) atoms. The van der Waals surface area contributed by atoms with Crippen molar-refractivity contribution in [1.29, 1.82) is 0 Å². The van der Waals surface area contributed by atoms with Gasteiger partial charge in [-0.1, -0.05) is 30.2 Å². The number of aliphatic hydroxyl groups excluding tert-OH is 1. The number of anilines is 3. The summed E-state index contributed by atoms with van der Waals surface area (Å²) in [7, 11) is 2.18. The number of hydrogen-bond acceptors (Lipinski definition) is 9. The first-order valence-corrected chi connectivity index (χ1v) is 17.6. The van der Waals surface area contributed by atoms with Crippen LogP contribution in [-0.2, 0) is 6.54 Å². The Balaban J connectivity index is 1.08. The summed E-state index contributed by atoms with van der Waals surface area (Å²) >= 11 is 0. The summed E-state index contributed by atoms with van der Waals surface area (Å²) in [6.07, 6.45) is 9.67. The van der Waals surface area contributed by atoms with Crippen molar-refractivity contribution in [2.45, 2.75) is 63.6 Å². The fourth-order valence-electron chi connectivity index (χ4n) is 6.61. The number of rotatable bonds is 10. The van der Waals surface area contributed by atoms with E-state index in [1.54, 1.807) is 18.3 Å². The van der Waals surface area contributed by atoms with E-state index in [4.69, 9.17) is 9.97 Å². The van der Waals surface area contributed by atoms with Crippen LogP contribution in [-0.4, -0.2) is 81.0 Å². The number of carbonyl (C=O) groups excluding carboxylic acids is 1. The van der Waals surface area contributed by atoms with E-state index < -0.39 is 0 Å². The maximum Gasteiger partial charge on any atom is 0.229 e. The second-order valence-electron chi connectivity index (χ2n) is 13.8. The predicted molar refractivity (Wildman–Crippen MR) is 194 cm³/mol. The maximum atomic E-state index is 12.5. The molecule has 3 N–H and O–H groups in total. The van der Waals surface area contributed by atoms with Crippen molar-refractivity contribution in [1.82, 2.24) is 24.8 Å². The fourth-order valence-corrected chi connectivity index (χ4v) is 6.61. The number of nitrogens with zero attached hydrogens (tertiary/aromatic N) is 5. The van der Waals surface area contributed by atoms with Crippen LogP contribution in [0, 0.1) is 17.8 Å². The van der Waals surface area contributed by atoms with Crippen LogP contribution in [0.15, 0.2) is 73.1 Å². The molecule has 1 saturated heterocycles. The van der Waals surface area contributed by atoms with Gasteiger partial charge in [0.1, 0.15) is 11.5 Å². The van der Waals surface area contributed by atoms with Gasteiger partial charge < -0.3 is 20.6 Å². The first-order valence-electron chi connectivity index (χ1n) is 17.6. The van der Waals surface area contributed by atoms with Gasteiger partial charge >= 0.3 is 0 Å². The molecule has 0 bridgehead atoms. The average molecular weight is 656 g/mol. The van der Waals surface area contributed by atoms with Gasteiger partial charge in [-0.05, 0) is 105 Å². The van der Waals surface area contributed by atoms with E-state index in [2.05, 4.69) is 68.6 Å². The largest absolute Gasteiger partial charge is 0.393 e. The van der Waals surface area contributed by atoms with Crippen molar-refractivity contribution >= 4 is 23.2 Å². The summed E-state index contributed by atoms with van der Waals surface area (Å²) in [5, 5.41) is 17.2. The standard InChI is InChI=1S/C40H45N7O2/c1-46-20-22-47(23-21-46)27-31-4-2-3-5-36(31)37-26-42-40(45-39(37)43-32-14-16-35(48)17-15-32)44-33-11-8-28(9-12-33)10-13-34-25-30(18-19-41-34)38(49)24-29-6-7-29/h2-5,8-9,11-12,18-19,25-26,29,32,35,48H,6-7,14-17,20-24,27H2,1H3,(H2,42,43,44,45). The first-order chi connectivity index (χ1) is 23.9. The van der Waals surface area contributed by atoms with Crippen LogP contribution in [0.1, 0.15) is 72.1 Å². The molecule has 3 heterocycles. The maximum absolute atomic E-state index is 12.5. The molecular formula is C40H45N7O2. The molecule has 0 amide bonds. The Morgan fingerprint density at radius 2 is 1.67 bits per heavy atom. The second kappa shape index (κ2) is 15.3. The number of benzene rings is 2. The van der Waals surface area contributed by atoms with Crippen LogP contribution in [0.2, 0.25) is 0 Å². The van der Waals surface area contributed by atoms with E-state index in [0.29, 0.717) is 29.5 Å². The number of aliphatic hydroxyl groups is 1. The summed E-state index contributed by atoms with van der Waals surface area (Å²) in [6, 6.07) is 20.2. The van der Waals surface area contributed by atoms with Gasteiger partial charge in [-0.3, -0.25) is 9.69 Å². The van der Waals surface area contributed by atoms with Crippen LogP contribution in [0.3, 0.4) is 0 Å². The van der Waals surface area contributed by atoms with Gasteiger partial charge in [-0.2, -0.15) is 4.98 Å². The Morgan fingerprint density at radius 1 is 0.898 bits per heavy atom. The predicted octanol–water partition coefficient (Wildman–Crippen LogP) is 6.13. The van der Waals surface area contributed by atoms with E-state index in [9.17, 15) is 9.90 Å². The smallest absolute Gasteiger partial charge is 0.229 e. The Hall–Kier alpha value is -4.62. The number of hydrogen-bond donors (Lipinski definition) is 3. The molecule has 2 saturated carbocycles. The molecule has 252 valence electrons. The van der Waals surface area contributed by atoms with Crippen molar-refractivity contribution in [3.8, 4) is 23.0 Å². The van der Waals surface area contributed by atoms with Crippen LogP contribution >= 0.6 is 0 Å². The number of Topliss-reactive ketones (excluding diaryl/α,β-unsaturated/α-hetero) is 1. The molecule has 7 rings (SSSR count). The molecule has 4 aromatic rings. The van der Waals surface area contributed by atoms with E-state index in [1.165, 1.54) is 5.56 Å². The molecule has 2 aromatic carbocycles. The number of aromatic nitrogens is 3. The van der Waals surface area contributed by atoms with Crippen LogP contribution < -0.4 is 10.6 Å². The average Bonchev–Trinajstić information content (AvgIpc) is 3.95. The number of nitrogens with one attached hydrogen (secondary N) is 2. The highest BCUT2D eigenvalue weighted by molar-refractivity contribution is 5.96. The van der Waals surface area contributed by atoms with Gasteiger partial charge in [-0.25, -0.2) is 9.97 Å². The third kappa shape index (κ3) is 8.90. The van der Waals surface area contributed by atoms with Crippen molar-refractivity contribution < 1.29 is 9.90 Å². The highest BCUT2D eigenvalue weighted by atomic mass is 16.3. The highest BCUT2D eigenvalue weighted by Crippen LogP contribution is 2.34. The fraction of sp³-hybridized carbons (Fsp3) is 0.400. The SMILES string of the molecule is CN1CCN(Cc2ccccc2-c2cnc(Nc3ccc(C#Cc4cc(C(=O)CC5CC5)ccn4)cc3)nc2NC2CCC(O)CC2)CC1. The molecule has 0 atom stereocenters. The quantitative estimate of drug-likeness (QED) is 0.138. The van der Waals surface area contributed by atoms with Crippen LogP contribution in [0.4, 0.5) is 17.5 Å². The van der Waals surface area contributed by atoms with Gasteiger partial charge in [-0.15, -0.1) is 0 Å². The minimum Gasteiger partial charge on any atom is -0.393 e. The molecule has 2 aromatic heterocycles. The van der Waals surface area contributed by atoms with E-state index in [0.717, 1.165) is 99.4 Å². The number of pyridine rings is 1. The van der Waals surface area contributed by atoms with Gasteiger partial charge in [0.15, 0.2) is 5.78 Å². The van der Waals surface area contributed by atoms with E-state index in [-0.39, 0.29) is 17.9 Å². The Kier molecular flexibility index (Phi) is 10.3. The lowest BCUT2D eigenvalue weighted by Gasteiger charge is -2.33. The topological polar surface area (TPSA) is 107 Å². The molecule has 0 unspecified atom stereocenters. The van der Waals surface area contributed by atoms with Crippen molar-refractivity contribution in [2.75, 3.05) is 43.9 Å². The lowest BCUT2D eigenvalue weighted by molar-refractivity contribution is 0.0976. The summed E-state index contributed by atoms with van der Waals surface area (Å²) in [5.74, 6) is 8.32. The molecule has 1 aliphatic heterocycles. The molecular weight excluding hydrogens is 610 g/mol. The molecule has 9 nitrogen and oxygen atoms in total. The third-order valence-electron chi connectivity index (χ3n) is 9.85. The second-order valence-corrected chi connectivity index (χ2v) is 13.8. The van der Waals surface area contributed by atoms with Gasteiger partial charge in [0.05, 0.1) is 6.10 Å². The molecule has 3 aliphatic rings. The zero-order chi connectivity index (χ0) is 33.6. The normalized spacial score (nSPS) is 19.9. The van der Waals surface area contributed by atoms with Crippen molar-refractivity contribution in [2.24, 2.45) is 5.92 Å². The first kappa shape index (κ1) is 32.9. The highest BCUT2D eigenvalue weighted by Gasteiger charge is 2.25. The lowest BCUT2D eigenvalue weighted by Crippen LogP contribution is -2.43. The monoisotopic (exact) mass is 655 g/mol. The van der Waals surface area contributed by atoms with Gasteiger partial charge in [0.2, 0.25) is 5.95 Å². The molecule has 9 heteroatoms. The summed E-state index contributed by atoms with van der Waals surface area (Å²) in [6.45, 7) is 5.14. The number of carbonyl (C=O) groups is 1. The zero-order valence-corrected chi connectivity index (χ0v) is 28.2. The van der Waals surface area contributed by atoms with Crippen LogP contribution in [0.5, 0.6) is 0 Å². The molecule has 0 radical (unpaired) electrons. The van der Waals surface area contributed by atoms with Gasteiger partial charge in [0.25, 0.3) is 0 Å². The summed E-state index contributed by atoms with van der Waals surface area (Å²) < 4.78 is 0. The number of likely N-dealkylation sites (N-methyl/N-ethyl adjacent to an activating group) is 1. The van der Waals surface area contributed by atoms with Crippen molar-refractivity contribution in [3.05, 3.63) is 95.4 Å². The number of ketones is 1. The van der Waals surface area contributed by atoms with E-state index >= 15 is 0 Å². The molecule has 2 aliphatic carbocycles. The van der Waals surface area contributed by atoms with Crippen molar-refractivity contribution in [3.63, 3.8) is 0 Å². The van der Waals surface area contributed by atoms with E-state index in [1.807, 2.05) is 30.5 Å². The summed E-state index contributed by atoms with van der Waals surface area (Å²) in [4.78, 5) is 31.6. The summed E-state index contributed by atoms with van der Waals surface area (Å²) in [5.41, 5.74) is 6.37. The Morgan fingerprint density at radius 3 is 2.45 bits per heavy atom. The van der Waals surface area contributed by atoms with Crippen LogP contribution in [0.25, 0.3) is 11.1 Å². The Bertz CT molecular complexity index is 1810. The minimum atomic E-state index is -0.223. The minimum absolute atomic E-state index is 0.171. The Labute approximate surface area is 289 Å². The third-order valence-corrected chi connectivity index (χ3v) is 9.85. The zero-order valence-electron chi connectivity index (χ0n) is 28.2.